The van der Waals surface area contributed by atoms with Crippen LogP contribution in [0.3, 0.4) is 0 Å². The highest BCUT2D eigenvalue weighted by Crippen LogP contribution is 2.51. The van der Waals surface area contributed by atoms with Gasteiger partial charge >= 0.3 is 0 Å². The van der Waals surface area contributed by atoms with Crippen LogP contribution in [0.2, 0.25) is 0 Å². The highest BCUT2D eigenvalue weighted by Gasteiger charge is 2.40. The molecule has 4 atom stereocenters. The molecule has 2 N–H and O–H groups in total. The average Bonchev–Trinajstić information content (AvgIpc) is 3.00. The molecule has 0 amide bonds. The first-order valence-electron chi connectivity index (χ1n) is 7.27. The number of halogens is 1. The topological polar surface area (TPSA) is 35.2 Å². The molecule has 2 aliphatic carbocycles. The van der Waals surface area contributed by atoms with Crippen molar-refractivity contribution >= 4 is 0 Å². The van der Waals surface area contributed by atoms with Crippen molar-refractivity contribution in [3.63, 3.8) is 0 Å². The number of rotatable bonds is 4. The van der Waals surface area contributed by atoms with Crippen LogP contribution in [0.4, 0.5) is 4.39 Å². The maximum absolute atomic E-state index is 14.0. The van der Waals surface area contributed by atoms with Gasteiger partial charge in [-0.15, -0.1) is 0 Å². The lowest BCUT2D eigenvalue weighted by Gasteiger charge is -2.25. The van der Waals surface area contributed by atoms with Gasteiger partial charge in [0.1, 0.15) is 11.6 Å². The summed E-state index contributed by atoms with van der Waals surface area (Å²) in [7, 11) is 1.57. The van der Waals surface area contributed by atoms with Gasteiger partial charge in [0, 0.05) is 11.6 Å². The number of hydrogen-bond acceptors (Lipinski definition) is 2. The summed E-state index contributed by atoms with van der Waals surface area (Å²) in [5, 5.41) is 0. The van der Waals surface area contributed by atoms with E-state index in [-0.39, 0.29) is 11.9 Å². The van der Waals surface area contributed by atoms with Gasteiger partial charge in [0.15, 0.2) is 0 Å². The van der Waals surface area contributed by atoms with E-state index in [0.717, 1.165) is 18.3 Å². The molecule has 19 heavy (non-hydrogen) atoms. The standard InChI is InChI=1S/C16H22FNO/c1-19-15-4-2-3-13(17)16(15)14(18)9-12-8-10-5-6-11(12)7-10/h2-4,10-12,14H,5-9,18H2,1H3. The molecule has 104 valence electrons. The molecule has 0 radical (unpaired) electrons. The quantitative estimate of drug-likeness (QED) is 0.899. The van der Waals surface area contributed by atoms with Gasteiger partial charge in [0.2, 0.25) is 0 Å². The second kappa shape index (κ2) is 5.12. The number of nitrogens with two attached hydrogens (primary N) is 1. The lowest BCUT2D eigenvalue weighted by Crippen LogP contribution is -2.21. The van der Waals surface area contributed by atoms with Crippen LogP contribution in [0, 0.1) is 23.6 Å². The zero-order valence-corrected chi connectivity index (χ0v) is 11.4. The molecule has 0 spiro atoms. The minimum atomic E-state index is -0.250. The lowest BCUT2D eigenvalue weighted by molar-refractivity contribution is 0.291. The van der Waals surface area contributed by atoms with Crippen LogP contribution in [-0.4, -0.2) is 7.11 Å². The van der Waals surface area contributed by atoms with E-state index < -0.39 is 0 Å². The van der Waals surface area contributed by atoms with Crippen molar-refractivity contribution in [2.24, 2.45) is 23.5 Å². The fourth-order valence-electron chi connectivity index (χ4n) is 4.16. The van der Waals surface area contributed by atoms with Gasteiger partial charge in [-0.1, -0.05) is 12.5 Å². The predicted molar refractivity (Wildman–Crippen MR) is 73.4 cm³/mol. The van der Waals surface area contributed by atoms with Gasteiger partial charge in [0.25, 0.3) is 0 Å². The van der Waals surface area contributed by atoms with Gasteiger partial charge in [-0.2, -0.15) is 0 Å². The first kappa shape index (κ1) is 12.9. The van der Waals surface area contributed by atoms with Crippen LogP contribution in [0.5, 0.6) is 5.75 Å². The minimum Gasteiger partial charge on any atom is -0.496 e. The van der Waals surface area contributed by atoms with Crippen molar-refractivity contribution in [1.29, 1.82) is 0 Å². The Balaban J connectivity index is 1.75. The Morgan fingerprint density at radius 1 is 1.37 bits per heavy atom. The summed E-state index contributed by atoms with van der Waals surface area (Å²) in [5.74, 6) is 2.75. The predicted octanol–water partition coefficient (Wildman–Crippen LogP) is 3.66. The Morgan fingerprint density at radius 2 is 2.21 bits per heavy atom. The van der Waals surface area contributed by atoms with Crippen molar-refractivity contribution in [3.8, 4) is 5.75 Å². The highest BCUT2D eigenvalue weighted by molar-refractivity contribution is 5.37. The molecular weight excluding hydrogens is 241 g/mol. The van der Waals surface area contributed by atoms with E-state index in [1.54, 1.807) is 19.2 Å². The molecule has 1 aromatic rings. The molecule has 0 aliphatic heterocycles. The fraction of sp³-hybridized carbons (Fsp3) is 0.625. The van der Waals surface area contributed by atoms with Gasteiger partial charge in [-0.05, 0) is 55.6 Å². The zero-order chi connectivity index (χ0) is 13.4. The van der Waals surface area contributed by atoms with Crippen molar-refractivity contribution in [1.82, 2.24) is 0 Å². The Morgan fingerprint density at radius 3 is 2.84 bits per heavy atom. The van der Waals surface area contributed by atoms with E-state index in [9.17, 15) is 4.39 Å². The largest absolute Gasteiger partial charge is 0.496 e. The second-order valence-electron chi connectivity index (χ2n) is 6.13. The zero-order valence-electron chi connectivity index (χ0n) is 11.4. The molecule has 2 bridgehead atoms. The normalized spacial score (nSPS) is 30.6. The van der Waals surface area contributed by atoms with Crippen LogP contribution < -0.4 is 10.5 Å². The van der Waals surface area contributed by atoms with E-state index in [1.165, 1.54) is 31.7 Å². The number of hydrogen-bond donors (Lipinski definition) is 1. The van der Waals surface area contributed by atoms with Crippen molar-refractivity contribution in [3.05, 3.63) is 29.6 Å². The van der Waals surface area contributed by atoms with E-state index in [4.69, 9.17) is 10.5 Å². The highest BCUT2D eigenvalue weighted by atomic mass is 19.1. The third-order valence-corrected chi connectivity index (χ3v) is 5.04. The van der Waals surface area contributed by atoms with Crippen molar-refractivity contribution in [2.45, 2.75) is 38.1 Å². The monoisotopic (exact) mass is 263 g/mol. The third-order valence-electron chi connectivity index (χ3n) is 5.04. The van der Waals surface area contributed by atoms with E-state index in [0.29, 0.717) is 17.2 Å². The van der Waals surface area contributed by atoms with E-state index in [1.807, 2.05) is 0 Å². The molecule has 0 aromatic heterocycles. The average molecular weight is 263 g/mol. The number of benzene rings is 1. The first-order valence-corrected chi connectivity index (χ1v) is 7.27. The summed E-state index contributed by atoms with van der Waals surface area (Å²) in [6, 6.07) is 4.68. The molecule has 3 rings (SSSR count). The maximum Gasteiger partial charge on any atom is 0.131 e. The summed E-state index contributed by atoms with van der Waals surface area (Å²) >= 11 is 0. The van der Waals surface area contributed by atoms with E-state index in [2.05, 4.69) is 0 Å². The molecule has 2 saturated carbocycles. The molecule has 2 fully saturated rings. The fourth-order valence-corrected chi connectivity index (χ4v) is 4.16. The van der Waals surface area contributed by atoms with Crippen LogP contribution in [0.15, 0.2) is 18.2 Å². The summed E-state index contributed by atoms with van der Waals surface area (Å²) in [5.41, 5.74) is 6.81. The number of ether oxygens (including phenoxy) is 1. The second-order valence-corrected chi connectivity index (χ2v) is 6.13. The summed E-state index contributed by atoms with van der Waals surface area (Å²) < 4.78 is 19.2. The molecule has 1 aromatic carbocycles. The molecule has 0 saturated heterocycles. The molecular formula is C16H22FNO. The van der Waals surface area contributed by atoms with Crippen LogP contribution in [0.25, 0.3) is 0 Å². The summed E-state index contributed by atoms with van der Waals surface area (Å²) in [6.45, 7) is 0. The summed E-state index contributed by atoms with van der Waals surface area (Å²) in [4.78, 5) is 0. The number of methoxy groups -OCH3 is 1. The Kier molecular flexibility index (Phi) is 3.48. The van der Waals surface area contributed by atoms with Gasteiger partial charge in [-0.3, -0.25) is 0 Å². The number of fused-ring (bicyclic) bond motifs is 2. The Labute approximate surface area is 114 Å². The van der Waals surface area contributed by atoms with Gasteiger partial charge in [0.05, 0.1) is 7.11 Å². The maximum atomic E-state index is 14.0. The summed E-state index contributed by atoms with van der Waals surface area (Å²) in [6.07, 6.45) is 6.27. The molecule has 3 heteroatoms. The molecule has 2 nitrogen and oxygen atoms in total. The van der Waals surface area contributed by atoms with Crippen LogP contribution in [-0.2, 0) is 0 Å². The van der Waals surface area contributed by atoms with Crippen molar-refractivity contribution < 1.29 is 9.13 Å². The van der Waals surface area contributed by atoms with Gasteiger partial charge in [-0.25, -0.2) is 4.39 Å². The van der Waals surface area contributed by atoms with Crippen LogP contribution in [0.1, 0.15) is 43.7 Å². The Hall–Kier alpha value is -1.09. The lowest BCUT2D eigenvalue weighted by atomic mass is 9.83. The van der Waals surface area contributed by atoms with Gasteiger partial charge < -0.3 is 10.5 Å². The molecule has 4 unspecified atom stereocenters. The minimum absolute atomic E-state index is 0.241. The van der Waals surface area contributed by atoms with E-state index >= 15 is 0 Å². The third kappa shape index (κ3) is 2.36. The first-order chi connectivity index (χ1) is 9.19. The van der Waals surface area contributed by atoms with Crippen molar-refractivity contribution in [2.75, 3.05) is 7.11 Å². The molecule has 2 aliphatic rings. The Bertz CT molecular complexity index is 462. The molecule has 0 heterocycles. The van der Waals surface area contributed by atoms with Crippen LogP contribution >= 0.6 is 0 Å². The smallest absolute Gasteiger partial charge is 0.131 e. The SMILES string of the molecule is COc1cccc(F)c1C(N)CC1CC2CCC1C2.